The van der Waals surface area contributed by atoms with E-state index >= 15 is 0 Å². The molecular formula is C9H7Cl2FN4. The standard InChI is InChI=1S/C9H7Cl2FN4/c1-4-5(3-16(2)15-4)9-13-7(10)6(12)8(11)14-9/h3H,1-2H3. The normalized spacial score (nSPS) is 10.8. The van der Waals surface area contributed by atoms with Crippen LogP contribution < -0.4 is 0 Å². The lowest BCUT2D eigenvalue weighted by molar-refractivity contribution is 0.615. The molecular weight excluding hydrogens is 254 g/mol. The summed E-state index contributed by atoms with van der Waals surface area (Å²) < 4.78 is 14.7. The zero-order valence-corrected chi connectivity index (χ0v) is 10.0. The predicted octanol–water partition coefficient (Wildman–Crippen LogP) is 2.63. The molecule has 7 heteroatoms. The predicted molar refractivity (Wildman–Crippen MR) is 58.9 cm³/mol. The number of aryl methyl sites for hydroxylation is 2. The molecule has 0 unspecified atom stereocenters. The summed E-state index contributed by atoms with van der Waals surface area (Å²) in [6.07, 6.45) is 1.72. The second-order valence-electron chi connectivity index (χ2n) is 3.24. The molecule has 0 bridgehead atoms. The Morgan fingerprint density at radius 1 is 1.25 bits per heavy atom. The van der Waals surface area contributed by atoms with Gasteiger partial charge in [-0.05, 0) is 6.92 Å². The zero-order valence-electron chi connectivity index (χ0n) is 8.50. The highest BCUT2D eigenvalue weighted by atomic mass is 35.5. The van der Waals surface area contributed by atoms with Crippen molar-refractivity contribution in [3.05, 3.63) is 28.0 Å². The van der Waals surface area contributed by atoms with Crippen molar-refractivity contribution in [3.8, 4) is 11.4 Å². The maximum atomic E-state index is 13.1. The molecule has 2 aromatic heterocycles. The lowest BCUT2D eigenvalue weighted by Crippen LogP contribution is -1.94. The molecule has 0 aromatic carbocycles. The molecule has 0 saturated carbocycles. The topological polar surface area (TPSA) is 43.6 Å². The Labute approximate surface area is 101 Å². The molecule has 0 spiro atoms. The van der Waals surface area contributed by atoms with Crippen LogP contribution in [0.5, 0.6) is 0 Å². The van der Waals surface area contributed by atoms with Crippen LogP contribution in [0, 0.1) is 12.7 Å². The second-order valence-corrected chi connectivity index (χ2v) is 3.96. The summed E-state index contributed by atoms with van der Waals surface area (Å²) in [6, 6.07) is 0. The number of rotatable bonds is 1. The quantitative estimate of drug-likeness (QED) is 0.741. The van der Waals surface area contributed by atoms with Crippen molar-refractivity contribution in [1.82, 2.24) is 19.7 Å². The molecule has 0 saturated heterocycles. The number of aromatic nitrogens is 4. The van der Waals surface area contributed by atoms with E-state index in [1.165, 1.54) is 0 Å². The third-order valence-corrected chi connectivity index (χ3v) is 2.53. The van der Waals surface area contributed by atoms with Crippen LogP contribution in [0.4, 0.5) is 4.39 Å². The van der Waals surface area contributed by atoms with E-state index < -0.39 is 5.82 Å². The first-order valence-corrected chi connectivity index (χ1v) is 5.13. The first-order valence-electron chi connectivity index (χ1n) is 4.38. The van der Waals surface area contributed by atoms with E-state index in [0.29, 0.717) is 5.56 Å². The smallest absolute Gasteiger partial charge is 0.197 e. The molecule has 0 aliphatic carbocycles. The minimum absolute atomic E-state index is 0.266. The molecule has 0 radical (unpaired) electrons. The number of halogens is 3. The molecule has 2 heterocycles. The highest BCUT2D eigenvalue weighted by Crippen LogP contribution is 2.25. The molecule has 0 N–H and O–H groups in total. The SMILES string of the molecule is Cc1nn(C)cc1-c1nc(Cl)c(F)c(Cl)n1. The molecule has 0 amide bonds. The average molecular weight is 261 g/mol. The van der Waals surface area contributed by atoms with E-state index in [4.69, 9.17) is 23.2 Å². The minimum Gasteiger partial charge on any atom is -0.275 e. The second kappa shape index (κ2) is 3.99. The molecule has 2 aromatic rings. The Bertz CT molecular complexity index is 529. The molecule has 2 rings (SSSR count). The van der Waals surface area contributed by atoms with Crippen molar-refractivity contribution in [2.45, 2.75) is 6.92 Å². The van der Waals surface area contributed by atoms with Crippen molar-refractivity contribution in [1.29, 1.82) is 0 Å². The first-order chi connectivity index (χ1) is 7.49. The van der Waals surface area contributed by atoms with Gasteiger partial charge >= 0.3 is 0 Å². The Hall–Kier alpha value is -1.20. The summed E-state index contributed by atoms with van der Waals surface area (Å²) in [5.74, 6) is -0.546. The van der Waals surface area contributed by atoms with Gasteiger partial charge < -0.3 is 0 Å². The van der Waals surface area contributed by atoms with Crippen LogP contribution in [-0.2, 0) is 7.05 Å². The van der Waals surface area contributed by atoms with Crippen molar-refractivity contribution < 1.29 is 4.39 Å². The summed E-state index contributed by atoms with van der Waals surface area (Å²) in [5, 5.41) is 3.54. The lowest BCUT2D eigenvalue weighted by atomic mass is 10.2. The summed E-state index contributed by atoms with van der Waals surface area (Å²) in [5.41, 5.74) is 1.40. The lowest BCUT2D eigenvalue weighted by Gasteiger charge is -2.00. The third-order valence-electron chi connectivity index (χ3n) is 2.02. The molecule has 0 aliphatic heterocycles. The van der Waals surface area contributed by atoms with Crippen LogP contribution in [0.1, 0.15) is 5.69 Å². The Balaban J connectivity index is 2.61. The van der Waals surface area contributed by atoms with Crippen molar-refractivity contribution in [2.75, 3.05) is 0 Å². The van der Waals surface area contributed by atoms with Gasteiger partial charge in [-0.1, -0.05) is 23.2 Å². The number of nitrogens with zero attached hydrogens (tertiary/aromatic N) is 4. The fourth-order valence-electron chi connectivity index (χ4n) is 1.33. The molecule has 0 aliphatic rings. The zero-order chi connectivity index (χ0) is 11.9. The number of hydrogen-bond acceptors (Lipinski definition) is 3. The molecule has 16 heavy (non-hydrogen) atoms. The first kappa shape index (κ1) is 11.3. The maximum absolute atomic E-state index is 13.1. The van der Waals surface area contributed by atoms with Crippen LogP contribution in [-0.4, -0.2) is 19.7 Å². The summed E-state index contributed by atoms with van der Waals surface area (Å²) in [4.78, 5) is 7.64. The minimum atomic E-state index is -0.811. The Kier molecular flexibility index (Phi) is 2.82. The molecule has 84 valence electrons. The van der Waals surface area contributed by atoms with Gasteiger partial charge in [0.15, 0.2) is 21.9 Å². The average Bonchev–Trinajstić information content (AvgIpc) is 2.53. The number of hydrogen-bond donors (Lipinski definition) is 0. The van der Waals surface area contributed by atoms with Gasteiger partial charge in [0.25, 0.3) is 0 Å². The van der Waals surface area contributed by atoms with Crippen LogP contribution in [0.15, 0.2) is 6.20 Å². The van der Waals surface area contributed by atoms with E-state index in [1.54, 1.807) is 24.9 Å². The van der Waals surface area contributed by atoms with Gasteiger partial charge in [0.1, 0.15) is 0 Å². The monoisotopic (exact) mass is 260 g/mol. The van der Waals surface area contributed by atoms with Gasteiger partial charge in [-0.3, -0.25) is 4.68 Å². The largest absolute Gasteiger partial charge is 0.275 e. The van der Waals surface area contributed by atoms with E-state index in [-0.39, 0.29) is 16.1 Å². The molecule has 0 atom stereocenters. The van der Waals surface area contributed by atoms with Crippen LogP contribution >= 0.6 is 23.2 Å². The summed E-state index contributed by atoms with van der Waals surface area (Å²) >= 11 is 11.2. The maximum Gasteiger partial charge on any atom is 0.197 e. The Morgan fingerprint density at radius 2 is 1.81 bits per heavy atom. The van der Waals surface area contributed by atoms with E-state index in [2.05, 4.69) is 15.1 Å². The fourth-order valence-corrected chi connectivity index (χ4v) is 1.72. The van der Waals surface area contributed by atoms with Crippen LogP contribution in [0.2, 0.25) is 10.3 Å². The van der Waals surface area contributed by atoms with Crippen LogP contribution in [0.25, 0.3) is 11.4 Å². The Morgan fingerprint density at radius 3 is 2.25 bits per heavy atom. The summed E-state index contributed by atoms with van der Waals surface area (Å²) in [7, 11) is 1.77. The van der Waals surface area contributed by atoms with E-state index in [9.17, 15) is 4.39 Å². The molecule has 4 nitrogen and oxygen atoms in total. The van der Waals surface area contributed by atoms with Crippen LogP contribution in [0.3, 0.4) is 0 Å². The van der Waals surface area contributed by atoms with Crippen molar-refractivity contribution >= 4 is 23.2 Å². The highest BCUT2D eigenvalue weighted by molar-refractivity contribution is 6.33. The third kappa shape index (κ3) is 1.88. The van der Waals surface area contributed by atoms with Gasteiger partial charge in [0.2, 0.25) is 0 Å². The van der Waals surface area contributed by atoms with Crippen molar-refractivity contribution in [3.63, 3.8) is 0 Å². The van der Waals surface area contributed by atoms with Crippen molar-refractivity contribution in [2.24, 2.45) is 7.05 Å². The van der Waals surface area contributed by atoms with Gasteiger partial charge in [-0.15, -0.1) is 0 Å². The highest BCUT2D eigenvalue weighted by Gasteiger charge is 2.15. The van der Waals surface area contributed by atoms with Gasteiger partial charge in [-0.25, -0.2) is 14.4 Å². The fraction of sp³-hybridized carbons (Fsp3) is 0.222. The van der Waals surface area contributed by atoms with Gasteiger partial charge in [0.05, 0.1) is 11.3 Å². The van der Waals surface area contributed by atoms with E-state index in [1.807, 2.05) is 0 Å². The van der Waals surface area contributed by atoms with Gasteiger partial charge in [-0.2, -0.15) is 5.10 Å². The molecule has 0 fully saturated rings. The van der Waals surface area contributed by atoms with Gasteiger partial charge in [0, 0.05) is 13.2 Å². The van der Waals surface area contributed by atoms with E-state index in [0.717, 1.165) is 5.69 Å². The summed E-state index contributed by atoms with van der Waals surface area (Å²) in [6.45, 7) is 1.80.